The summed E-state index contributed by atoms with van der Waals surface area (Å²) < 4.78 is 51.4. The largest absolute Gasteiger partial charge is 0.497 e. The van der Waals surface area contributed by atoms with Crippen LogP contribution in [0.5, 0.6) is 5.75 Å². The average Bonchev–Trinajstić information content (AvgIpc) is 3.08. The van der Waals surface area contributed by atoms with E-state index in [0.29, 0.717) is 22.4 Å². The lowest BCUT2D eigenvalue weighted by Gasteiger charge is -2.19. The Bertz CT molecular complexity index is 1210. The van der Waals surface area contributed by atoms with Crippen LogP contribution in [0.25, 0.3) is 11.0 Å². The number of aromatic nitrogens is 2. The number of carbonyl (C=O) groups is 1. The summed E-state index contributed by atoms with van der Waals surface area (Å²) in [5, 5.41) is 0. The summed E-state index contributed by atoms with van der Waals surface area (Å²) in [6, 6.07) is 5.83. The van der Waals surface area contributed by atoms with Crippen molar-refractivity contribution in [3.8, 4) is 5.75 Å². The molecule has 0 bridgehead atoms. The van der Waals surface area contributed by atoms with Crippen LogP contribution in [0.2, 0.25) is 0 Å². The Morgan fingerprint density at radius 3 is 2.40 bits per heavy atom. The van der Waals surface area contributed by atoms with Crippen LogP contribution in [-0.2, 0) is 21.3 Å². The number of esters is 1. The Balaban J connectivity index is 1.99. The second-order valence-electron chi connectivity index (χ2n) is 6.84. The third-order valence-electron chi connectivity index (χ3n) is 4.76. The Hall–Kier alpha value is -2.98. The van der Waals surface area contributed by atoms with E-state index in [1.165, 1.54) is 20.2 Å². The highest BCUT2D eigenvalue weighted by molar-refractivity contribution is 7.89. The third kappa shape index (κ3) is 3.75. The van der Waals surface area contributed by atoms with Gasteiger partial charge in [-0.3, -0.25) is 0 Å². The molecule has 1 aromatic heterocycles. The number of methoxy groups -OCH3 is 2. The average molecular weight is 435 g/mol. The first-order valence-electron chi connectivity index (χ1n) is 8.97. The van der Waals surface area contributed by atoms with Gasteiger partial charge in [0.1, 0.15) is 23.0 Å². The van der Waals surface area contributed by atoms with Crippen LogP contribution < -0.4 is 4.74 Å². The maximum atomic E-state index is 14.1. The lowest BCUT2D eigenvalue weighted by Crippen LogP contribution is -2.28. The SMILES string of the molecule is COC(=O)c1c(F)ccc2nc(CN(C)S(=O)(=O)c3c(C)cc(OC)cc3C)[nH]c12. The molecule has 1 N–H and O–H groups in total. The zero-order valence-corrected chi connectivity index (χ0v) is 18.1. The zero-order chi connectivity index (χ0) is 22.2. The number of rotatable bonds is 6. The first-order chi connectivity index (χ1) is 14.1. The molecule has 0 amide bonds. The molecule has 30 heavy (non-hydrogen) atoms. The number of hydrogen-bond donors (Lipinski definition) is 1. The smallest absolute Gasteiger partial charge is 0.343 e. The topological polar surface area (TPSA) is 102 Å². The van der Waals surface area contributed by atoms with Gasteiger partial charge in [0.05, 0.1) is 36.7 Å². The minimum atomic E-state index is -3.85. The monoisotopic (exact) mass is 435 g/mol. The van der Waals surface area contributed by atoms with Gasteiger partial charge in [-0.05, 0) is 49.2 Å². The number of nitrogens with zero attached hydrogens (tertiary/aromatic N) is 2. The Morgan fingerprint density at radius 1 is 1.20 bits per heavy atom. The minimum absolute atomic E-state index is 0.107. The number of aryl methyl sites for hydroxylation is 2. The molecule has 0 saturated carbocycles. The van der Waals surface area contributed by atoms with Gasteiger partial charge in [0.25, 0.3) is 0 Å². The Morgan fingerprint density at radius 2 is 1.83 bits per heavy atom. The van der Waals surface area contributed by atoms with Crippen molar-refractivity contribution < 1.29 is 27.1 Å². The van der Waals surface area contributed by atoms with Crippen LogP contribution in [0.15, 0.2) is 29.2 Å². The highest BCUT2D eigenvalue weighted by Gasteiger charge is 2.27. The van der Waals surface area contributed by atoms with E-state index in [1.807, 2.05) is 0 Å². The second-order valence-corrected chi connectivity index (χ2v) is 8.82. The summed E-state index contributed by atoms with van der Waals surface area (Å²) in [7, 11) is 0.242. The number of halogens is 1. The number of benzene rings is 2. The summed E-state index contributed by atoms with van der Waals surface area (Å²) in [6.07, 6.45) is 0. The van der Waals surface area contributed by atoms with Crippen molar-refractivity contribution in [2.45, 2.75) is 25.3 Å². The summed E-state index contributed by atoms with van der Waals surface area (Å²) in [5.74, 6) is -0.773. The quantitative estimate of drug-likeness (QED) is 0.598. The van der Waals surface area contributed by atoms with Gasteiger partial charge in [0, 0.05) is 7.05 Å². The molecule has 0 aliphatic carbocycles. The molecule has 160 valence electrons. The number of carbonyl (C=O) groups excluding carboxylic acids is 1. The number of imidazole rings is 1. The molecule has 3 rings (SSSR count). The van der Waals surface area contributed by atoms with Crippen molar-refractivity contribution in [2.75, 3.05) is 21.3 Å². The van der Waals surface area contributed by atoms with Gasteiger partial charge < -0.3 is 14.5 Å². The van der Waals surface area contributed by atoms with E-state index in [2.05, 4.69) is 14.7 Å². The van der Waals surface area contributed by atoms with Crippen LogP contribution in [0, 0.1) is 19.7 Å². The molecule has 1 heterocycles. The third-order valence-corrected chi connectivity index (χ3v) is 6.87. The van der Waals surface area contributed by atoms with E-state index in [1.54, 1.807) is 26.0 Å². The predicted octanol–water partition coefficient (Wildman–Crippen LogP) is 2.93. The highest BCUT2D eigenvalue weighted by atomic mass is 32.2. The number of H-pyrrole nitrogens is 1. The van der Waals surface area contributed by atoms with Crippen molar-refractivity contribution in [3.63, 3.8) is 0 Å². The predicted molar refractivity (Wildman–Crippen MR) is 109 cm³/mol. The fraction of sp³-hybridized carbons (Fsp3) is 0.300. The molecule has 0 aliphatic heterocycles. The van der Waals surface area contributed by atoms with Crippen molar-refractivity contribution in [1.29, 1.82) is 0 Å². The first-order valence-corrected chi connectivity index (χ1v) is 10.4. The summed E-state index contributed by atoms with van der Waals surface area (Å²) in [6.45, 7) is 3.29. The molecular formula is C20H22FN3O5S. The maximum absolute atomic E-state index is 14.1. The molecule has 8 nitrogen and oxygen atoms in total. The number of fused-ring (bicyclic) bond motifs is 1. The fourth-order valence-electron chi connectivity index (χ4n) is 3.37. The van der Waals surface area contributed by atoms with Gasteiger partial charge in [0.2, 0.25) is 10.0 Å². The van der Waals surface area contributed by atoms with Crippen LogP contribution in [0.4, 0.5) is 4.39 Å². The molecule has 0 atom stereocenters. The van der Waals surface area contributed by atoms with Gasteiger partial charge in [-0.15, -0.1) is 0 Å². The number of aromatic amines is 1. The molecule has 0 spiro atoms. The molecule has 0 fully saturated rings. The standard InChI is InChI=1S/C20H22FN3O5S/c1-11-8-13(28-4)9-12(2)19(11)30(26,27)24(3)10-16-22-15-7-6-14(21)17(18(15)23-16)20(25)29-5/h6-9H,10H2,1-5H3,(H,22,23). The molecule has 2 aromatic carbocycles. The normalized spacial score (nSPS) is 11.8. The van der Waals surface area contributed by atoms with Gasteiger partial charge in [-0.25, -0.2) is 22.6 Å². The van der Waals surface area contributed by atoms with Gasteiger partial charge in [-0.2, -0.15) is 4.31 Å². The Labute approximate surface area is 173 Å². The van der Waals surface area contributed by atoms with Gasteiger partial charge >= 0.3 is 5.97 Å². The summed E-state index contributed by atoms with van der Waals surface area (Å²) >= 11 is 0. The zero-order valence-electron chi connectivity index (χ0n) is 17.2. The molecule has 0 aliphatic rings. The lowest BCUT2D eigenvalue weighted by atomic mass is 10.1. The van der Waals surface area contributed by atoms with E-state index < -0.39 is 21.8 Å². The minimum Gasteiger partial charge on any atom is -0.497 e. The maximum Gasteiger partial charge on any atom is 0.343 e. The fourth-order valence-corrected chi connectivity index (χ4v) is 4.90. The molecule has 0 unspecified atom stereocenters. The van der Waals surface area contributed by atoms with E-state index in [0.717, 1.165) is 17.5 Å². The van der Waals surface area contributed by atoms with Crippen LogP contribution in [0.3, 0.4) is 0 Å². The number of hydrogen-bond acceptors (Lipinski definition) is 6. The molecule has 10 heteroatoms. The molecule has 3 aromatic rings. The van der Waals surface area contributed by atoms with Crippen molar-refractivity contribution in [2.24, 2.45) is 0 Å². The molecular weight excluding hydrogens is 413 g/mol. The number of ether oxygens (including phenoxy) is 2. The van der Waals surface area contributed by atoms with E-state index >= 15 is 0 Å². The van der Waals surface area contributed by atoms with Gasteiger partial charge in [-0.1, -0.05) is 0 Å². The van der Waals surface area contributed by atoms with E-state index in [-0.39, 0.29) is 28.3 Å². The van der Waals surface area contributed by atoms with E-state index in [9.17, 15) is 17.6 Å². The van der Waals surface area contributed by atoms with Crippen LogP contribution in [-0.4, -0.2) is 49.9 Å². The summed E-state index contributed by atoms with van der Waals surface area (Å²) in [4.78, 5) is 19.2. The molecule has 0 radical (unpaired) electrons. The van der Waals surface area contributed by atoms with Gasteiger partial charge in [0.15, 0.2) is 0 Å². The van der Waals surface area contributed by atoms with Crippen molar-refractivity contribution >= 4 is 27.0 Å². The van der Waals surface area contributed by atoms with Crippen molar-refractivity contribution in [3.05, 3.63) is 52.6 Å². The highest BCUT2D eigenvalue weighted by Crippen LogP contribution is 2.29. The van der Waals surface area contributed by atoms with Crippen LogP contribution in [0.1, 0.15) is 27.3 Å². The summed E-state index contributed by atoms with van der Waals surface area (Å²) in [5.41, 5.74) is 1.31. The van der Waals surface area contributed by atoms with Crippen LogP contribution >= 0.6 is 0 Å². The lowest BCUT2D eigenvalue weighted by molar-refractivity contribution is 0.0597. The molecule has 0 saturated heterocycles. The first kappa shape index (κ1) is 21.7. The number of sulfonamides is 1. The second kappa shape index (κ2) is 8.04. The number of nitrogens with one attached hydrogen (secondary N) is 1. The van der Waals surface area contributed by atoms with Crippen molar-refractivity contribution in [1.82, 2.24) is 14.3 Å². The Kier molecular flexibility index (Phi) is 5.82. The van der Waals surface area contributed by atoms with E-state index in [4.69, 9.17) is 4.74 Å².